The van der Waals surface area contributed by atoms with E-state index in [9.17, 15) is 0 Å². The van der Waals surface area contributed by atoms with E-state index >= 15 is 0 Å². The first-order valence-corrected chi connectivity index (χ1v) is 5.66. The van der Waals surface area contributed by atoms with E-state index in [-0.39, 0.29) is 12.4 Å². The van der Waals surface area contributed by atoms with Crippen LogP contribution in [0, 0.1) is 0 Å². The van der Waals surface area contributed by atoms with Crippen LogP contribution in [0.2, 0.25) is 0 Å². The van der Waals surface area contributed by atoms with Crippen LogP contribution in [0.25, 0.3) is 0 Å². The van der Waals surface area contributed by atoms with Gasteiger partial charge in [-0.3, -0.25) is 4.98 Å². The number of anilines is 1. The molecule has 3 nitrogen and oxygen atoms in total. The van der Waals surface area contributed by atoms with Crippen LogP contribution >= 0.6 is 0 Å². The largest absolute Gasteiger partial charge is 1.00 e. The minimum absolute atomic E-state index is 0. The second-order valence-corrected chi connectivity index (χ2v) is 3.73. The Bertz CT molecular complexity index is 445. The summed E-state index contributed by atoms with van der Waals surface area (Å²) in [5, 5.41) is 3.35. The number of aromatic nitrogens is 1. The molecule has 0 radical (unpaired) electrons. The summed E-state index contributed by atoms with van der Waals surface area (Å²) in [6.07, 6.45) is 2.75. The van der Waals surface area contributed by atoms with Gasteiger partial charge < -0.3 is 22.5 Å². The standard InChI is InChI=1S/C14H16N2O.ClH/c1-17-14-7-5-13(6-8-14)16-11-9-12-4-2-3-10-15-12;/h2-8,10,16H,9,11H2,1H3;1H/p-1. The molecule has 1 aromatic carbocycles. The third-order valence-electron chi connectivity index (χ3n) is 2.53. The van der Waals surface area contributed by atoms with E-state index in [4.69, 9.17) is 4.74 Å². The second-order valence-electron chi connectivity index (χ2n) is 3.73. The van der Waals surface area contributed by atoms with E-state index in [1.54, 1.807) is 7.11 Å². The molecule has 0 unspecified atom stereocenters. The Morgan fingerprint density at radius 1 is 1.11 bits per heavy atom. The first-order valence-electron chi connectivity index (χ1n) is 5.66. The predicted octanol–water partition coefficient (Wildman–Crippen LogP) is -0.251. The van der Waals surface area contributed by atoms with E-state index in [2.05, 4.69) is 10.3 Å². The molecule has 0 aliphatic heterocycles. The van der Waals surface area contributed by atoms with Gasteiger partial charge in [0.1, 0.15) is 5.75 Å². The van der Waals surface area contributed by atoms with Crippen LogP contribution in [0.4, 0.5) is 5.69 Å². The van der Waals surface area contributed by atoms with Crippen molar-refractivity contribution in [1.82, 2.24) is 4.98 Å². The molecule has 1 aromatic heterocycles. The Labute approximate surface area is 114 Å². The molecule has 0 aliphatic rings. The zero-order valence-corrected chi connectivity index (χ0v) is 11.0. The van der Waals surface area contributed by atoms with Gasteiger partial charge in [0.2, 0.25) is 0 Å². The van der Waals surface area contributed by atoms with Crippen molar-refractivity contribution >= 4 is 5.69 Å². The smallest absolute Gasteiger partial charge is 0.119 e. The van der Waals surface area contributed by atoms with Crippen LogP contribution in [0.5, 0.6) is 5.75 Å². The fraction of sp³-hybridized carbons (Fsp3) is 0.214. The molecule has 0 amide bonds. The molecule has 0 bridgehead atoms. The van der Waals surface area contributed by atoms with Crippen molar-refractivity contribution in [3.05, 3.63) is 54.4 Å². The fourth-order valence-corrected chi connectivity index (χ4v) is 1.59. The zero-order valence-electron chi connectivity index (χ0n) is 10.3. The number of benzene rings is 1. The molecule has 0 atom stereocenters. The highest BCUT2D eigenvalue weighted by Crippen LogP contribution is 2.14. The average Bonchev–Trinajstić information content (AvgIpc) is 2.41. The Morgan fingerprint density at radius 3 is 2.50 bits per heavy atom. The number of rotatable bonds is 5. The van der Waals surface area contributed by atoms with Crippen molar-refractivity contribution < 1.29 is 17.1 Å². The van der Waals surface area contributed by atoms with Gasteiger partial charge >= 0.3 is 0 Å². The number of methoxy groups -OCH3 is 1. The van der Waals surface area contributed by atoms with Gasteiger partial charge in [-0.2, -0.15) is 0 Å². The molecular formula is C14H16ClN2O-. The fourth-order valence-electron chi connectivity index (χ4n) is 1.59. The van der Waals surface area contributed by atoms with Crippen LogP contribution in [0.3, 0.4) is 0 Å². The highest BCUT2D eigenvalue weighted by Gasteiger charge is 1.95. The van der Waals surface area contributed by atoms with Crippen molar-refractivity contribution in [3.63, 3.8) is 0 Å². The summed E-state index contributed by atoms with van der Waals surface area (Å²) in [6.45, 7) is 0.878. The van der Waals surface area contributed by atoms with Gasteiger partial charge in [0, 0.05) is 30.5 Å². The van der Waals surface area contributed by atoms with E-state index < -0.39 is 0 Å². The number of nitrogens with zero attached hydrogens (tertiary/aromatic N) is 1. The SMILES string of the molecule is COc1ccc(NCCc2ccccn2)cc1.[Cl-]. The second kappa shape index (κ2) is 7.56. The summed E-state index contributed by atoms with van der Waals surface area (Å²) in [6, 6.07) is 13.9. The first kappa shape index (κ1) is 14.3. The molecule has 0 spiro atoms. The normalized spacial score (nSPS) is 9.39. The number of hydrogen-bond donors (Lipinski definition) is 1. The highest BCUT2D eigenvalue weighted by atomic mass is 35.5. The molecule has 0 aliphatic carbocycles. The number of ether oxygens (including phenoxy) is 1. The van der Waals surface area contributed by atoms with Crippen molar-refractivity contribution in [2.45, 2.75) is 6.42 Å². The molecule has 0 saturated carbocycles. The maximum absolute atomic E-state index is 5.11. The molecule has 0 fully saturated rings. The lowest BCUT2D eigenvalue weighted by molar-refractivity contribution is -0.00000383. The van der Waals surface area contributed by atoms with Crippen LogP contribution in [-0.2, 0) is 6.42 Å². The summed E-state index contributed by atoms with van der Waals surface area (Å²) in [7, 11) is 1.67. The summed E-state index contributed by atoms with van der Waals surface area (Å²) in [4.78, 5) is 4.28. The van der Waals surface area contributed by atoms with Crippen LogP contribution in [-0.4, -0.2) is 18.6 Å². The Hall–Kier alpha value is -1.74. The first-order chi connectivity index (χ1) is 8.38. The molecule has 1 heterocycles. The van der Waals surface area contributed by atoms with E-state index in [1.807, 2.05) is 48.7 Å². The number of hydrogen-bond acceptors (Lipinski definition) is 3. The molecule has 2 aromatic rings. The van der Waals surface area contributed by atoms with Crippen LogP contribution in [0.1, 0.15) is 5.69 Å². The molecule has 96 valence electrons. The van der Waals surface area contributed by atoms with E-state index in [1.165, 1.54) is 0 Å². The van der Waals surface area contributed by atoms with E-state index in [0.717, 1.165) is 30.1 Å². The monoisotopic (exact) mass is 263 g/mol. The Morgan fingerprint density at radius 2 is 1.89 bits per heavy atom. The average molecular weight is 264 g/mol. The Balaban J connectivity index is 0.00000162. The summed E-state index contributed by atoms with van der Waals surface area (Å²) in [5.41, 5.74) is 2.20. The van der Waals surface area contributed by atoms with Gasteiger partial charge in [-0.05, 0) is 36.4 Å². The van der Waals surface area contributed by atoms with E-state index in [0.29, 0.717) is 0 Å². The van der Waals surface area contributed by atoms with Gasteiger partial charge in [0.15, 0.2) is 0 Å². The van der Waals surface area contributed by atoms with Gasteiger partial charge in [0.25, 0.3) is 0 Å². The maximum atomic E-state index is 5.11. The van der Waals surface area contributed by atoms with Gasteiger partial charge in [0.05, 0.1) is 7.11 Å². The summed E-state index contributed by atoms with van der Waals surface area (Å²) < 4.78 is 5.11. The molecule has 4 heteroatoms. The number of nitrogens with one attached hydrogen (secondary N) is 1. The van der Waals surface area contributed by atoms with Crippen molar-refractivity contribution in [1.29, 1.82) is 0 Å². The minimum atomic E-state index is 0. The Kier molecular flexibility index (Phi) is 6.01. The van der Waals surface area contributed by atoms with Gasteiger partial charge in [-0.25, -0.2) is 0 Å². The lowest BCUT2D eigenvalue weighted by Crippen LogP contribution is -3.00. The maximum Gasteiger partial charge on any atom is 0.119 e. The third-order valence-corrected chi connectivity index (χ3v) is 2.53. The zero-order chi connectivity index (χ0) is 11.9. The summed E-state index contributed by atoms with van der Waals surface area (Å²) in [5.74, 6) is 0.875. The summed E-state index contributed by atoms with van der Waals surface area (Å²) >= 11 is 0. The minimum Gasteiger partial charge on any atom is -1.00 e. The topological polar surface area (TPSA) is 34.1 Å². The molecular weight excluding hydrogens is 248 g/mol. The molecule has 1 N–H and O–H groups in total. The molecule has 2 rings (SSSR count). The molecule has 0 saturated heterocycles. The lowest BCUT2D eigenvalue weighted by atomic mass is 10.2. The van der Waals surface area contributed by atoms with Crippen LogP contribution in [0.15, 0.2) is 48.7 Å². The number of halogens is 1. The van der Waals surface area contributed by atoms with Crippen molar-refractivity contribution in [2.24, 2.45) is 0 Å². The highest BCUT2D eigenvalue weighted by molar-refractivity contribution is 5.46. The van der Waals surface area contributed by atoms with Crippen LogP contribution < -0.4 is 22.5 Å². The lowest BCUT2D eigenvalue weighted by Gasteiger charge is -2.06. The quantitative estimate of drug-likeness (QED) is 0.808. The van der Waals surface area contributed by atoms with Gasteiger partial charge in [-0.1, -0.05) is 6.07 Å². The molecule has 18 heavy (non-hydrogen) atoms. The predicted molar refractivity (Wildman–Crippen MR) is 69.4 cm³/mol. The van der Waals surface area contributed by atoms with Crippen molar-refractivity contribution in [3.8, 4) is 5.75 Å². The van der Waals surface area contributed by atoms with Crippen molar-refractivity contribution in [2.75, 3.05) is 19.0 Å². The third kappa shape index (κ3) is 4.26. The van der Waals surface area contributed by atoms with Gasteiger partial charge in [-0.15, -0.1) is 0 Å². The number of pyridine rings is 1.